The monoisotopic (exact) mass is 198 g/mol. The molecule has 0 saturated heterocycles. The fourth-order valence-electron chi connectivity index (χ4n) is 0.956. The van der Waals surface area contributed by atoms with Crippen molar-refractivity contribution in [3.05, 3.63) is 30.1 Å². The Bertz CT molecular complexity index is 288. The molecule has 1 rings (SSSR count). The first-order valence-corrected chi connectivity index (χ1v) is 4.96. The van der Waals surface area contributed by atoms with Crippen molar-refractivity contribution in [3.63, 3.8) is 0 Å². The highest BCUT2D eigenvalue weighted by atomic mass is 32.2. The topological polar surface area (TPSA) is 17.1 Å². The van der Waals surface area contributed by atoms with E-state index < -0.39 is 0 Å². The Morgan fingerprint density at radius 2 is 2.38 bits per heavy atom. The quantitative estimate of drug-likeness (QED) is 0.546. The van der Waals surface area contributed by atoms with Crippen molar-refractivity contribution in [2.24, 2.45) is 0 Å². The number of aldehydes is 1. The van der Waals surface area contributed by atoms with Crippen LogP contribution in [0.5, 0.6) is 0 Å². The third-order valence-corrected chi connectivity index (χ3v) is 2.68. The lowest BCUT2D eigenvalue weighted by atomic mass is 10.3. The first-order chi connectivity index (χ1) is 6.22. The van der Waals surface area contributed by atoms with Crippen LogP contribution >= 0.6 is 11.8 Å². The van der Waals surface area contributed by atoms with Gasteiger partial charge in [-0.2, -0.15) is 0 Å². The number of benzene rings is 1. The van der Waals surface area contributed by atoms with E-state index in [0.29, 0.717) is 6.42 Å². The molecule has 1 nitrogen and oxygen atoms in total. The van der Waals surface area contributed by atoms with Crippen molar-refractivity contribution in [1.82, 2.24) is 0 Å². The van der Waals surface area contributed by atoms with Crippen LogP contribution in [0.15, 0.2) is 29.2 Å². The summed E-state index contributed by atoms with van der Waals surface area (Å²) in [4.78, 5) is 11.1. The lowest BCUT2D eigenvalue weighted by molar-refractivity contribution is -0.107. The summed E-state index contributed by atoms with van der Waals surface area (Å²) >= 11 is 1.51. The van der Waals surface area contributed by atoms with Crippen molar-refractivity contribution in [1.29, 1.82) is 0 Å². The minimum atomic E-state index is -0.233. The number of thioether (sulfide) groups is 1. The van der Waals surface area contributed by atoms with E-state index in [2.05, 4.69) is 0 Å². The van der Waals surface area contributed by atoms with Gasteiger partial charge < -0.3 is 4.79 Å². The van der Waals surface area contributed by atoms with Gasteiger partial charge in [-0.15, -0.1) is 11.8 Å². The Labute approximate surface area is 81.3 Å². The molecule has 0 spiro atoms. The Morgan fingerprint density at radius 3 is 3.00 bits per heavy atom. The zero-order chi connectivity index (χ0) is 9.68. The predicted molar refractivity (Wildman–Crippen MR) is 52.4 cm³/mol. The number of hydrogen-bond donors (Lipinski definition) is 0. The van der Waals surface area contributed by atoms with Gasteiger partial charge in [0.25, 0.3) is 0 Å². The van der Waals surface area contributed by atoms with Crippen molar-refractivity contribution in [3.8, 4) is 0 Å². The average Bonchev–Trinajstić information content (AvgIpc) is 2.04. The Balaban J connectivity index is 2.58. The number of rotatable bonds is 4. The van der Waals surface area contributed by atoms with E-state index in [9.17, 15) is 9.18 Å². The minimum absolute atomic E-state index is 0.208. The first kappa shape index (κ1) is 10.3. The van der Waals surface area contributed by atoms with Gasteiger partial charge in [0.05, 0.1) is 0 Å². The summed E-state index contributed by atoms with van der Waals surface area (Å²) in [5.74, 6) is -0.233. The number of halogens is 1. The molecule has 0 aliphatic rings. The van der Waals surface area contributed by atoms with Crippen molar-refractivity contribution in [2.45, 2.75) is 23.5 Å². The van der Waals surface area contributed by atoms with Crippen LogP contribution in [0.1, 0.15) is 13.3 Å². The standard InChI is InChI=1S/C10H11FOS/c1-8(5-6-12)13-10-4-2-3-9(11)7-10/h2-4,6-8H,5H2,1H3. The summed E-state index contributed by atoms with van der Waals surface area (Å²) in [6.07, 6.45) is 1.39. The van der Waals surface area contributed by atoms with Gasteiger partial charge in [0.1, 0.15) is 12.1 Å². The smallest absolute Gasteiger partial charge is 0.124 e. The van der Waals surface area contributed by atoms with Gasteiger partial charge in [0.15, 0.2) is 0 Å². The molecule has 0 aliphatic heterocycles. The van der Waals surface area contributed by atoms with Crippen LogP contribution in [0.4, 0.5) is 4.39 Å². The molecular formula is C10H11FOS. The predicted octanol–water partition coefficient (Wildman–Crippen LogP) is 2.90. The second-order valence-electron chi connectivity index (χ2n) is 2.79. The third-order valence-electron chi connectivity index (χ3n) is 1.56. The van der Waals surface area contributed by atoms with Crippen molar-refractivity contribution < 1.29 is 9.18 Å². The Hall–Kier alpha value is -0.830. The second-order valence-corrected chi connectivity index (χ2v) is 4.30. The highest BCUT2D eigenvalue weighted by Crippen LogP contribution is 2.24. The highest BCUT2D eigenvalue weighted by Gasteiger charge is 2.03. The molecule has 70 valence electrons. The van der Waals surface area contributed by atoms with Gasteiger partial charge in [-0.05, 0) is 18.2 Å². The maximum Gasteiger partial charge on any atom is 0.124 e. The number of hydrogen-bond acceptors (Lipinski definition) is 2. The van der Waals surface area contributed by atoms with Crippen molar-refractivity contribution in [2.75, 3.05) is 0 Å². The third kappa shape index (κ3) is 3.59. The molecule has 0 N–H and O–H groups in total. The van der Waals surface area contributed by atoms with Crippen LogP contribution < -0.4 is 0 Å². The second kappa shape index (κ2) is 5.02. The molecule has 1 unspecified atom stereocenters. The van der Waals surface area contributed by atoms with Crippen LogP contribution in [-0.2, 0) is 4.79 Å². The van der Waals surface area contributed by atoms with Gasteiger partial charge >= 0.3 is 0 Å². The molecule has 3 heteroatoms. The summed E-state index contributed by atoms with van der Waals surface area (Å²) in [6, 6.07) is 6.40. The van der Waals surface area contributed by atoms with Crippen molar-refractivity contribution >= 4 is 18.0 Å². The molecule has 0 aromatic heterocycles. The molecule has 0 aliphatic carbocycles. The molecule has 0 radical (unpaired) electrons. The van der Waals surface area contributed by atoms with E-state index in [1.807, 2.05) is 13.0 Å². The van der Waals surface area contributed by atoms with Crippen LogP contribution in [0.3, 0.4) is 0 Å². The van der Waals surface area contributed by atoms with E-state index in [1.165, 1.54) is 23.9 Å². The fourth-order valence-corrected chi connectivity index (χ4v) is 1.93. The molecule has 1 atom stereocenters. The molecule has 1 aromatic rings. The number of carbonyl (C=O) groups excluding carboxylic acids is 1. The molecule has 13 heavy (non-hydrogen) atoms. The molecule has 0 heterocycles. The summed E-state index contributed by atoms with van der Waals surface area (Å²) in [7, 11) is 0. The fraction of sp³-hybridized carbons (Fsp3) is 0.300. The van der Waals surface area contributed by atoms with Crippen LogP contribution in [0.2, 0.25) is 0 Å². The largest absolute Gasteiger partial charge is 0.303 e. The van der Waals surface area contributed by atoms with E-state index in [0.717, 1.165) is 11.2 Å². The molecule has 0 amide bonds. The highest BCUT2D eigenvalue weighted by molar-refractivity contribution is 8.00. The Morgan fingerprint density at radius 1 is 1.62 bits per heavy atom. The molecule has 0 saturated carbocycles. The minimum Gasteiger partial charge on any atom is -0.303 e. The van der Waals surface area contributed by atoms with Crippen LogP contribution in [-0.4, -0.2) is 11.5 Å². The molecule has 0 fully saturated rings. The molecule has 1 aromatic carbocycles. The zero-order valence-electron chi connectivity index (χ0n) is 7.37. The van der Waals surface area contributed by atoms with Gasteiger partial charge in [-0.3, -0.25) is 0 Å². The maximum absolute atomic E-state index is 12.7. The zero-order valence-corrected chi connectivity index (χ0v) is 8.18. The van der Waals surface area contributed by atoms with E-state index >= 15 is 0 Å². The summed E-state index contributed by atoms with van der Waals surface area (Å²) in [6.45, 7) is 1.95. The molecule has 0 bridgehead atoms. The average molecular weight is 198 g/mol. The SMILES string of the molecule is CC(CC=O)Sc1cccc(F)c1. The first-order valence-electron chi connectivity index (χ1n) is 4.08. The maximum atomic E-state index is 12.7. The lowest BCUT2D eigenvalue weighted by Crippen LogP contribution is -1.95. The molecular weight excluding hydrogens is 187 g/mol. The van der Waals surface area contributed by atoms with Crippen LogP contribution in [0.25, 0.3) is 0 Å². The normalized spacial score (nSPS) is 12.5. The van der Waals surface area contributed by atoms with E-state index in [1.54, 1.807) is 6.07 Å². The lowest BCUT2D eigenvalue weighted by Gasteiger charge is -2.06. The van der Waals surface area contributed by atoms with E-state index in [4.69, 9.17) is 0 Å². The summed E-state index contributed by atoms with van der Waals surface area (Å²) in [5, 5.41) is 0.208. The van der Waals surface area contributed by atoms with Crippen LogP contribution in [0, 0.1) is 5.82 Å². The summed E-state index contributed by atoms with van der Waals surface area (Å²) < 4.78 is 12.7. The van der Waals surface area contributed by atoms with Gasteiger partial charge in [0.2, 0.25) is 0 Å². The van der Waals surface area contributed by atoms with Gasteiger partial charge in [-0.1, -0.05) is 13.0 Å². The number of carbonyl (C=O) groups is 1. The van der Waals surface area contributed by atoms with E-state index in [-0.39, 0.29) is 11.1 Å². The van der Waals surface area contributed by atoms with Gasteiger partial charge in [0, 0.05) is 16.6 Å². The Kier molecular flexibility index (Phi) is 3.96. The summed E-state index contributed by atoms with van der Waals surface area (Å²) in [5.41, 5.74) is 0. The van der Waals surface area contributed by atoms with Gasteiger partial charge in [-0.25, -0.2) is 4.39 Å².